The number of methoxy groups -OCH3 is 1. The van der Waals surface area contributed by atoms with E-state index in [0.717, 1.165) is 16.9 Å². The molecule has 0 saturated carbocycles. The number of benzene rings is 2. The van der Waals surface area contributed by atoms with Crippen LogP contribution in [0, 0.1) is 10.1 Å². The number of nitro groups is 1. The van der Waals surface area contributed by atoms with Gasteiger partial charge in [0, 0.05) is 11.0 Å². The van der Waals surface area contributed by atoms with E-state index < -0.39 is 18.0 Å². The Hall–Kier alpha value is -3.19. The summed E-state index contributed by atoms with van der Waals surface area (Å²) in [5.74, 6) is -0.350. The zero-order valence-electron chi connectivity index (χ0n) is 16.5. The van der Waals surface area contributed by atoms with Crippen molar-refractivity contribution in [2.75, 3.05) is 20.3 Å². The van der Waals surface area contributed by atoms with E-state index in [1.807, 2.05) is 54.6 Å². The number of carbonyl (C=O) groups is 1. The highest BCUT2D eigenvalue weighted by Gasteiger charge is 2.27. The van der Waals surface area contributed by atoms with E-state index in [9.17, 15) is 14.9 Å². The smallest absolute Gasteiger partial charge is 0.330 e. The third-order valence-electron chi connectivity index (χ3n) is 4.28. The average molecular weight is 399 g/mol. The Morgan fingerprint density at radius 3 is 2.41 bits per heavy atom. The fraction of sp³-hybridized carbons (Fsp3) is 0.318. The van der Waals surface area contributed by atoms with Gasteiger partial charge in [0.15, 0.2) is 0 Å². The van der Waals surface area contributed by atoms with Crippen molar-refractivity contribution in [3.8, 4) is 5.75 Å². The number of esters is 1. The van der Waals surface area contributed by atoms with Crippen molar-refractivity contribution in [3.05, 3.63) is 88.0 Å². The molecule has 0 heterocycles. The maximum absolute atomic E-state index is 11.8. The van der Waals surface area contributed by atoms with Gasteiger partial charge in [0.05, 0.1) is 32.3 Å². The van der Waals surface area contributed by atoms with E-state index in [2.05, 4.69) is 0 Å². The highest BCUT2D eigenvalue weighted by Crippen LogP contribution is 2.25. The second-order valence-corrected chi connectivity index (χ2v) is 6.27. The molecule has 7 heteroatoms. The molecule has 7 nitrogen and oxygen atoms in total. The summed E-state index contributed by atoms with van der Waals surface area (Å²) in [6.45, 7) is 1.85. The fourth-order valence-corrected chi connectivity index (χ4v) is 2.84. The molecule has 0 N–H and O–H groups in total. The Balaban J connectivity index is 2.24. The minimum atomic E-state index is -0.686. The zero-order valence-corrected chi connectivity index (χ0v) is 16.5. The molecule has 0 aliphatic carbocycles. The number of ether oxygens (including phenoxy) is 3. The van der Waals surface area contributed by atoms with Gasteiger partial charge < -0.3 is 14.2 Å². The van der Waals surface area contributed by atoms with Crippen molar-refractivity contribution in [2.45, 2.75) is 25.6 Å². The lowest BCUT2D eigenvalue weighted by atomic mass is 9.92. The molecule has 0 fully saturated rings. The summed E-state index contributed by atoms with van der Waals surface area (Å²) < 4.78 is 16.1. The van der Waals surface area contributed by atoms with Crippen molar-refractivity contribution in [2.24, 2.45) is 0 Å². The Morgan fingerprint density at radius 1 is 1.14 bits per heavy atom. The molecular weight excluding hydrogens is 374 g/mol. The molecule has 0 spiro atoms. The monoisotopic (exact) mass is 399 g/mol. The molecule has 0 aliphatic heterocycles. The maximum atomic E-state index is 11.8. The van der Waals surface area contributed by atoms with Gasteiger partial charge in [-0.25, -0.2) is 4.79 Å². The second-order valence-electron chi connectivity index (χ2n) is 6.27. The molecule has 0 amide bonds. The van der Waals surface area contributed by atoms with Crippen LogP contribution < -0.4 is 4.74 Å². The molecule has 0 aromatic heterocycles. The van der Waals surface area contributed by atoms with Crippen molar-refractivity contribution in [1.82, 2.24) is 0 Å². The van der Waals surface area contributed by atoms with Gasteiger partial charge in [-0.05, 0) is 36.3 Å². The Bertz CT molecular complexity index is 804. The predicted octanol–water partition coefficient (Wildman–Crippen LogP) is 3.76. The lowest BCUT2D eigenvalue weighted by molar-refractivity contribution is -0.485. The van der Waals surface area contributed by atoms with Gasteiger partial charge in [0.2, 0.25) is 6.54 Å². The number of rotatable bonds is 11. The summed E-state index contributed by atoms with van der Waals surface area (Å²) in [7, 11) is 1.59. The van der Waals surface area contributed by atoms with E-state index in [4.69, 9.17) is 14.2 Å². The molecular formula is C22H25NO6. The summed E-state index contributed by atoms with van der Waals surface area (Å²) in [6.07, 6.45) is 2.11. The number of hydrogen-bond donors (Lipinski definition) is 0. The van der Waals surface area contributed by atoms with Gasteiger partial charge in [-0.15, -0.1) is 0 Å². The second kappa shape index (κ2) is 11.6. The predicted molar refractivity (Wildman–Crippen MR) is 108 cm³/mol. The molecule has 2 aromatic rings. The largest absolute Gasteiger partial charge is 0.497 e. The summed E-state index contributed by atoms with van der Waals surface area (Å²) >= 11 is 0. The molecule has 0 saturated heterocycles. The van der Waals surface area contributed by atoms with Crippen LogP contribution in [-0.4, -0.2) is 37.3 Å². The van der Waals surface area contributed by atoms with E-state index in [-0.39, 0.29) is 24.7 Å². The van der Waals surface area contributed by atoms with Crippen LogP contribution in [-0.2, 0) is 20.9 Å². The third kappa shape index (κ3) is 7.38. The van der Waals surface area contributed by atoms with E-state index in [1.54, 1.807) is 14.0 Å². The molecule has 0 radical (unpaired) electrons. The van der Waals surface area contributed by atoms with Gasteiger partial charge in [-0.1, -0.05) is 42.5 Å². The first-order valence-electron chi connectivity index (χ1n) is 9.29. The van der Waals surface area contributed by atoms with Crippen LogP contribution >= 0.6 is 0 Å². The van der Waals surface area contributed by atoms with Gasteiger partial charge in [-0.3, -0.25) is 10.1 Å². The van der Waals surface area contributed by atoms with E-state index in [0.29, 0.717) is 0 Å². The summed E-state index contributed by atoms with van der Waals surface area (Å²) in [6, 6.07) is 16.4. The molecule has 154 valence electrons. The Labute approximate surface area is 170 Å². The normalized spacial score (nSPS) is 13.0. The Kier molecular flexibility index (Phi) is 8.85. The minimum Gasteiger partial charge on any atom is -0.497 e. The molecule has 0 unspecified atom stereocenters. The topological polar surface area (TPSA) is 87.9 Å². The van der Waals surface area contributed by atoms with Crippen LogP contribution in [0.3, 0.4) is 0 Å². The SMILES string of the molecule is CCOC(=O)/C=C/[C@H](OCc1ccc(OC)cc1)[C@H](C[N+](=O)[O-])c1ccccc1. The lowest BCUT2D eigenvalue weighted by Crippen LogP contribution is -2.27. The maximum Gasteiger partial charge on any atom is 0.330 e. The number of hydrogen-bond acceptors (Lipinski definition) is 6. The minimum absolute atomic E-state index is 0.225. The van der Waals surface area contributed by atoms with Crippen LogP contribution in [0.15, 0.2) is 66.7 Å². The first-order chi connectivity index (χ1) is 14.0. The first kappa shape index (κ1) is 22.1. The highest BCUT2D eigenvalue weighted by molar-refractivity contribution is 5.82. The van der Waals surface area contributed by atoms with Crippen molar-refractivity contribution < 1.29 is 23.9 Å². The van der Waals surface area contributed by atoms with Crippen molar-refractivity contribution in [1.29, 1.82) is 0 Å². The van der Waals surface area contributed by atoms with E-state index >= 15 is 0 Å². The van der Waals surface area contributed by atoms with Gasteiger partial charge >= 0.3 is 5.97 Å². The lowest BCUT2D eigenvalue weighted by Gasteiger charge is -2.23. The van der Waals surface area contributed by atoms with Crippen LogP contribution in [0.5, 0.6) is 5.75 Å². The molecule has 0 aliphatic rings. The number of nitrogens with zero attached hydrogens (tertiary/aromatic N) is 1. The van der Waals surface area contributed by atoms with Gasteiger partial charge in [-0.2, -0.15) is 0 Å². The quantitative estimate of drug-likeness (QED) is 0.247. The van der Waals surface area contributed by atoms with Crippen LogP contribution in [0.1, 0.15) is 24.0 Å². The van der Waals surface area contributed by atoms with Gasteiger partial charge in [0.25, 0.3) is 0 Å². The highest BCUT2D eigenvalue weighted by atomic mass is 16.6. The van der Waals surface area contributed by atoms with Crippen LogP contribution in [0.2, 0.25) is 0 Å². The fourth-order valence-electron chi connectivity index (χ4n) is 2.84. The summed E-state index contributed by atoms with van der Waals surface area (Å²) in [5, 5.41) is 11.3. The first-order valence-corrected chi connectivity index (χ1v) is 9.29. The number of carbonyl (C=O) groups excluding carboxylic acids is 1. The van der Waals surface area contributed by atoms with Crippen molar-refractivity contribution in [3.63, 3.8) is 0 Å². The average Bonchev–Trinajstić information content (AvgIpc) is 2.73. The van der Waals surface area contributed by atoms with E-state index in [1.165, 1.54) is 12.2 Å². The molecule has 2 rings (SSSR count). The summed E-state index contributed by atoms with van der Waals surface area (Å²) in [5.41, 5.74) is 1.64. The van der Waals surface area contributed by atoms with Gasteiger partial charge in [0.1, 0.15) is 5.75 Å². The Morgan fingerprint density at radius 2 is 1.83 bits per heavy atom. The standard InChI is InChI=1S/C22H25NO6/c1-3-28-22(24)14-13-21(29-16-17-9-11-19(27-2)12-10-17)20(15-23(25)26)18-7-5-4-6-8-18/h4-14,20-21H,3,15-16H2,1-2H3/b14-13+/t20-,21+/m1/s1. The molecule has 2 aromatic carbocycles. The molecule has 29 heavy (non-hydrogen) atoms. The molecule has 0 bridgehead atoms. The molecule has 2 atom stereocenters. The van der Waals surface area contributed by atoms with Crippen LogP contribution in [0.25, 0.3) is 0 Å². The van der Waals surface area contributed by atoms with Crippen LogP contribution in [0.4, 0.5) is 0 Å². The zero-order chi connectivity index (χ0) is 21.1. The summed E-state index contributed by atoms with van der Waals surface area (Å²) in [4.78, 5) is 22.7. The van der Waals surface area contributed by atoms with Crippen molar-refractivity contribution >= 4 is 5.97 Å². The third-order valence-corrected chi connectivity index (χ3v) is 4.28.